The minimum atomic E-state index is -0.442. The molecule has 0 radical (unpaired) electrons. The van der Waals surface area contributed by atoms with Crippen molar-refractivity contribution in [1.82, 2.24) is 9.55 Å². The lowest BCUT2D eigenvalue weighted by Crippen LogP contribution is -2.20. The van der Waals surface area contributed by atoms with Crippen molar-refractivity contribution < 1.29 is 9.13 Å². The zero-order valence-electron chi connectivity index (χ0n) is 10.5. The van der Waals surface area contributed by atoms with Crippen molar-refractivity contribution in [2.24, 2.45) is 0 Å². The summed E-state index contributed by atoms with van der Waals surface area (Å²) in [5.41, 5.74) is 1.48. The van der Waals surface area contributed by atoms with Crippen LogP contribution in [0.4, 0.5) is 4.39 Å². The highest BCUT2D eigenvalue weighted by atomic mass is 35.5. The van der Waals surface area contributed by atoms with Crippen LogP contribution < -0.4 is 0 Å². The van der Waals surface area contributed by atoms with Crippen molar-refractivity contribution in [3.63, 3.8) is 0 Å². The van der Waals surface area contributed by atoms with Crippen molar-refractivity contribution in [1.29, 1.82) is 0 Å². The molecule has 3 rings (SSSR count). The second-order valence-electron chi connectivity index (χ2n) is 4.88. The molecule has 1 aliphatic rings. The van der Waals surface area contributed by atoms with Gasteiger partial charge in [-0.25, -0.2) is 4.39 Å². The summed E-state index contributed by atoms with van der Waals surface area (Å²) in [5, 5.41) is 0.106. The van der Waals surface area contributed by atoms with Gasteiger partial charge in [-0.05, 0) is 38.0 Å². The number of ether oxygens (including phenoxy) is 1. The SMILES string of the molecule is CC(C1CCCO1)n1c(=S)[nH]c2cc(F)c(Cl)cc21. The predicted octanol–water partition coefficient (Wildman–Crippen LogP) is 4.23. The van der Waals surface area contributed by atoms with E-state index in [0.717, 1.165) is 25.0 Å². The van der Waals surface area contributed by atoms with Crippen LogP contribution in [0.2, 0.25) is 5.02 Å². The molecule has 1 N–H and O–H groups in total. The number of aromatic nitrogens is 2. The quantitative estimate of drug-likeness (QED) is 0.841. The Morgan fingerprint density at radius 3 is 3.05 bits per heavy atom. The molecule has 1 fully saturated rings. The van der Waals surface area contributed by atoms with Crippen LogP contribution in [0, 0.1) is 10.6 Å². The molecule has 6 heteroatoms. The van der Waals surface area contributed by atoms with E-state index in [-0.39, 0.29) is 17.2 Å². The van der Waals surface area contributed by atoms with E-state index >= 15 is 0 Å². The first-order chi connectivity index (χ1) is 9.08. The van der Waals surface area contributed by atoms with Crippen LogP contribution >= 0.6 is 23.8 Å². The Morgan fingerprint density at radius 2 is 2.37 bits per heavy atom. The fourth-order valence-electron chi connectivity index (χ4n) is 2.67. The Kier molecular flexibility index (Phi) is 3.37. The Balaban J connectivity index is 2.14. The van der Waals surface area contributed by atoms with Gasteiger partial charge in [-0.3, -0.25) is 0 Å². The van der Waals surface area contributed by atoms with E-state index in [1.165, 1.54) is 6.07 Å². The van der Waals surface area contributed by atoms with E-state index in [1.54, 1.807) is 6.07 Å². The molecule has 0 aliphatic carbocycles. The maximum Gasteiger partial charge on any atom is 0.178 e. The van der Waals surface area contributed by atoms with Crippen molar-refractivity contribution in [3.8, 4) is 0 Å². The summed E-state index contributed by atoms with van der Waals surface area (Å²) in [4.78, 5) is 3.02. The van der Waals surface area contributed by atoms with E-state index in [4.69, 9.17) is 28.6 Å². The Morgan fingerprint density at radius 1 is 1.58 bits per heavy atom. The van der Waals surface area contributed by atoms with Gasteiger partial charge in [0.2, 0.25) is 0 Å². The van der Waals surface area contributed by atoms with Crippen molar-refractivity contribution >= 4 is 34.9 Å². The number of hydrogen-bond donors (Lipinski definition) is 1. The van der Waals surface area contributed by atoms with Gasteiger partial charge >= 0.3 is 0 Å². The molecule has 3 nitrogen and oxygen atoms in total. The molecule has 102 valence electrons. The first-order valence-electron chi connectivity index (χ1n) is 6.29. The Bertz CT molecular complexity index is 675. The molecule has 0 amide bonds. The maximum absolute atomic E-state index is 13.5. The molecular weight excluding hydrogens is 287 g/mol. The lowest BCUT2D eigenvalue weighted by atomic mass is 10.1. The minimum absolute atomic E-state index is 0.102. The highest BCUT2D eigenvalue weighted by molar-refractivity contribution is 7.71. The van der Waals surface area contributed by atoms with Crippen LogP contribution in [-0.2, 0) is 4.74 Å². The second-order valence-corrected chi connectivity index (χ2v) is 5.67. The number of hydrogen-bond acceptors (Lipinski definition) is 2. The number of nitrogens with zero attached hydrogens (tertiary/aromatic N) is 1. The average Bonchev–Trinajstić information content (AvgIpc) is 2.97. The smallest absolute Gasteiger partial charge is 0.178 e. The molecule has 0 saturated carbocycles. The van der Waals surface area contributed by atoms with Crippen LogP contribution in [0.25, 0.3) is 11.0 Å². The van der Waals surface area contributed by atoms with Crippen LogP contribution in [0.5, 0.6) is 0 Å². The van der Waals surface area contributed by atoms with E-state index in [0.29, 0.717) is 10.3 Å². The van der Waals surface area contributed by atoms with E-state index in [2.05, 4.69) is 11.9 Å². The van der Waals surface area contributed by atoms with Gasteiger partial charge in [-0.15, -0.1) is 0 Å². The van der Waals surface area contributed by atoms with Crippen LogP contribution in [0.3, 0.4) is 0 Å². The molecule has 2 unspecified atom stereocenters. The minimum Gasteiger partial charge on any atom is -0.376 e. The van der Waals surface area contributed by atoms with Gasteiger partial charge in [-0.1, -0.05) is 11.6 Å². The zero-order valence-corrected chi connectivity index (χ0v) is 12.0. The van der Waals surface area contributed by atoms with E-state index in [9.17, 15) is 4.39 Å². The molecule has 19 heavy (non-hydrogen) atoms. The van der Waals surface area contributed by atoms with Gasteiger partial charge in [0.05, 0.1) is 28.2 Å². The summed E-state index contributed by atoms with van der Waals surface area (Å²) in [5.74, 6) is -0.442. The lowest BCUT2D eigenvalue weighted by Gasteiger charge is -2.21. The number of H-pyrrole nitrogens is 1. The highest BCUT2D eigenvalue weighted by Crippen LogP contribution is 2.30. The summed E-state index contributed by atoms with van der Waals surface area (Å²) in [6.45, 7) is 2.86. The maximum atomic E-state index is 13.5. The van der Waals surface area contributed by atoms with Gasteiger partial charge in [-0.2, -0.15) is 0 Å². The fraction of sp³-hybridized carbons (Fsp3) is 0.462. The van der Waals surface area contributed by atoms with Gasteiger partial charge in [0.1, 0.15) is 5.82 Å². The summed E-state index contributed by atoms with van der Waals surface area (Å²) in [6, 6.07) is 3.10. The molecule has 2 atom stereocenters. The molecule has 1 aromatic carbocycles. The van der Waals surface area contributed by atoms with Gasteiger partial charge in [0.25, 0.3) is 0 Å². The van der Waals surface area contributed by atoms with Gasteiger partial charge in [0.15, 0.2) is 4.77 Å². The van der Waals surface area contributed by atoms with Gasteiger partial charge < -0.3 is 14.3 Å². The topological polar surface area (TPSA) is 29.9 Å². The number of imidazole rings is 1. The summed E-state index contributed by atoms with van der Waals surface area (Å²) in [7, 11) is 0. The Labute approximate surface area is 120 Å². The molecule has 1 aliphatic heterocycles. The van der Waals surface area contributed by atoms with Crippen LogP contribution in [-0.4, -0.2) is 22.3 Å². The number of halogens is 2. The molecule has 2 aromatic rings. The summed E-state index contributed by atoms with van der Waals surface area (Å²) >= 11 is 11.2. The third-order valence-electron chi connectivity index (χ3n) is 3.67. The zero-order chi connectivity index (χ0) is 13.6. The molecule has 1 aromatic heterocycles. The molecule has 0 bridgehead atoms. The largest absolute Gasteiger partial charge is 0.376 e. The highest BCUT2D eigenvalue weighted by Gasteiger charge is 2.25. The molecular formula is C13H14ClFN2OS. The van der Waals surface area contributed by atoms with Crippen LogP contribution in [0.15, 0.2) is 12.1 Å². The number of fused-ring (bicyclic) bond motifs is 1. The normalized spacial score (nSPS) is 21.1. The number of aromatic amines is 1. The second kappa shape index (κ2) is 4.89. The van der Waals surface area contributed by atoms with E-state index in [1.807, 2.05) is 4.57 Å². The third-order valence-corrected chi connectivity index (χ3v) is 4.26. The van der Waals surface area contributed by atoms with Gasteiger partial charge in [0, 0.05) is 12.7 Å². The van der Waals surface area contributed by atoms with Crippen molar-refractivity contribution in [2.45, 2.75) is 31.9 Å². The predicted molar refractivity (Wildman–Crippen MR) is 75.8 cm³/mol. The number of rotatable bonds is 2. The Hall–Kier alpha value is -0.910. The fourth-order valence-corrected chi connectivity index (χ4v) is 3.21. The van der Waals surface area contributed by atoms with E-state index < -0.39 is 5.82 Å². The third kappa shape index (κ3) is 2.20. The first-order valence-corrected chi connectivity index (χ1v) is 7.07. The van der Waals surface area contributed by atoms with Crippen molar-refractivity contribution in [3.05, 3.63) is 27.7 Å². The number of nitrogens with one attached hydrogen (secondary N) is 1. The number of benzene rings is 1. The summed E-state index contributed by atoms with van der Waals surface area (Å²) < 4.78 is 21.7. The summed E-state index contributed by atoms with van der Waals surface area (Å²) in [6.07, 6.45) is 2.24. The van der Waals surface area contributed by atoms with Crippen molar-refractivity contribution in [2.75, 3.05) is 6.61 Å². The molecule has 2 heterocycles. The first kappa shape index (κ1) is 13.1. The lowest BCUT2D eigenvalue weighted by molar-refractivity contribution is 0.0741. The van der Waals surface area contributed by atoms with Crippen LogP contribution in [0.1, 0.15) is 25.8 Å². The molecule has 1 saturated heterocycles. The standard InChI is InChI=1S/C13H14ClFN2OS/c1-7(12-3-2-4-18-12)17-11-5-8(14)9(15)6-10(11)16-13(17)19/h5-7,12H,2-4H2,1H3,(H,16,19). The monoisotopic (exact) mass is 300 g/mol. The molecule has 0 spiro atoms. The average molecular weight is 301 g/mol.